The summed E-state index contributed by atoms with van der Waals surface area (Å²) in [6, 6.07) is 1.49. The molecular weight excluding hydrogens is 367 g/mol. The van der Waals surface area contributed by atoms with Crippen molar-refractivity contribution in [2.75, 3.05) is 28.4 Å². The first-order valence-electron chi connectivity index (χ1n) is 5.12. The Hall–Kier alpha value is -1.51. The highest BCUT2D eigenvalue weighted by Gasteiger charge is 2.27. The van der Waals surface area contributed by atoms with Gasteiger partial charge in [0.25, 0.3) is 0 Å². The number of hydrogen-bond donors (Lipinski definition) is 0. The molecule has 0 radical (unpaired) electrons. The monoisotopic (exact) mass is 380 g/mol. The molecule has 0 atom stereocenters. The second-order valence-electron chi connectivity index (χ2n) is 3.33. The molecule has 0 aromatic heterocycles. The lowest BCUT2D eigenvalue weighted by Crippen LogP contribution is -2.12. The number of methoxy groups -OCH3 is 4. The number of benzene rings is 1. The molecule has 0 amide bonds. The topological polar surface area (TPSA) is 71.1 Å². The first-order valence-corrected chi connectivity index (χ1v) is 6.20. The van der Waals surface area contributed by atoms with Crippen molar-refractivity contribution >= 4 is 34.5 Å². The number of rotatable bonds is 4. The Bertz CT molecular complexity index is 511. The van der Waals surface area contributed by atoms with Crippen LogP contribution in [0.3, 0.4) is 0 Å². The van der Waals surface area contributed by atoms with E-state index < -0.39 is 11.9 Å². The molecule has 6 nitrogen and oxygen atoms in total. The third-order valence-electron chi connectivity index (χ3n) is 2.39. The average molecular weight is 380 g/mol. The molecule has 0 saturated heterocycles. The molecule has 104 valence electrons. The van der Waals surface area contributed by atoms with E-state index in [1.54, 1.807) is 0 Å². The lowest BCUT2D eigenvalue weighted by molar-refractivity contribution is 0.0578. The van der Waals surface area contributed by atoms with Crippen LogP contribution < -0.4 is 9.47 Å². The van der Waals surface area contributed by atoms with Gasteiger partial charge in [0, 0.05) is 3.57 Å². The predicted molar refractivity (Wildman–Crippen MR) is 74.9 cm³/mol. The summed E-state index contributed by atoms with van der Waals surface area (Å²) in [5.41, 5.74) is 0.383. The summed E-state index contributed by atoms with van der Waals surface area (Å²) in [5, 5.41) is 0. The second kappa shape index (κ2) is 6.60. The van der Waals surface area contributed by atoms with Crippen molar-refractivity contribution in [2.24, 2.45) is 0 Å². The normalized spacial score (nSPS) is 9.74. The molecule has 0 bridgehead atoms. The summed E-state index contributed by atoms with van der Waals surface area (Å²) in [7, 11) is 5.27. The van der Waals surface area contributed by atoms with Crippen molar-refractivity contribution in [1.29, 1.82) is 0 Å². The van der Waals surface area contributed by atoms with E-state index in [1.165, 1.54) is 34.5 Å². The maximum absolute atomic E-state index is 11.8. The van der Waals surface area contributed by atoms with Crippen LogP contribution in [0.2, 0.25) is 0 Å². The smallest absolute Gasteiger partial charge is 0.342 e. The Kier molecular flexibility index (Phi) is 5.40. The van der Waals surface area contributed by atoms with Crippen LogP contribution >= 0.6 is 22.6 Å². The van der Waals surface area contributed by atoms with Crippen LogP contribution in [0.4, 0.5) is 0 Å². The SMILES string of the molecule is COC(=O)c1cc(I)c(C(=O)OC)c(OC)c1OC. The fraction of sp³-hybridized carbons (Fsp3) is 0.333. The van der Waals surface area contributed by atoms with E-state index in [1.807, 2.05) is 22.6 Å². The third-order valence-corrected chi connectivity index (χ3v) is 3.24. The fourth-order valence-corrected chi connectivity index (χ4v) is 2.34. The quantitative estimate of drug-likeness (QED) is 0.587. The van der Waals surface area contributed by atoms with Gasteiger partial charge in [0.1, 0.15) is 11.1 Å². The van der Waals surface area contributed by atoms with Gasteiger partial charge in [-0.2, -0.15) is 0 Å². The van der Waals surface area contributed by atoms with Gasteiger partial charge in [-0.3, -0.25) is 0 Å². The number of halogens is 1. The zero-order valence-corrected chi connectivity index (χ0v) is 13.1. The van der Waals surface area contributed by atoms with Crippen molar-refractivity contribution in [3.8, 4) is 11.5 Å². The molecular formula is C12H13IO6. The van der Waals surface area contributed by atoms with Gasteiger partial charge < -0.3 is 18.9 Å². The molecule has 0 fully saturated rings. The lowest BCUT2D eigenvalue weighted by atomic mass is 10.1. The molecule has 1 aromatic carbocycles. The largest absolute Gasteiger partial charge is 0.492 e. The van der Waals surface area contributed by atoms with E-state index in [0.717, 1.165) is 0 Å². The molecule has 1 aromatic rings. The molecule has 7 heteroatoms. The van der Waals surface area contributed by atoms with Gasteiger partial charge in [0.15, 0.2) is 11.5 Å². The van der Waals surface area contributed by atoms with Crippen molar-refractivity contribution < 1.29 is 28.5 Å². The van der Waals surface area contributed by atoms with Crippen molar-refractivity contribution in [3.05, 3.63) is 20.8 Å². The van der Waals surface area contributed by atoms with Crippen LogP contribution in [0.1, 0.15) is 20.7 Å². The average Bonchev–Trinajstić information content (AvgIpc) is 2.44. The van der Waals surface area contributed by atoms with Gasteiger partial charge in [0.2, 0.25) is 0 Å². The lowest BCUT2D eigenvalue weighted by Gasteiger charge is -2.16. The highest BCUT2D eigenvalue weighted by Crippen LogP contribution is 2.38. The zero-order chi connectivity index (χ0) is 14.6. The summed E-state index contributed by atoms with van der Waals surface area (Å²) in [6.07, 6.45) is 0. The molecule has 0 heterocycles. The molecule has 0 aliphatic rings. The van der Waals surface area contributed by atoms with Crippen LogP contribution in [-0.4, -0.2) is 40.4 Å². The first-order chi connectivity index (χ1) is 9.01. The van der Waals surface area contributed by atoms with Crippen molar-refractivity contribution in [1.82, 2.24) is 0 Å². The highest BCUT2D eigenvalue weighted by atomic mass is 127. The predicted octanol–water partition coefficient (Wildman–Crippen LogP) is 1.88. The van der Waals surface area contributed by atoms with Gasteiger partial charge in [-0.15, -0.1) is 0 Å². The van der Waals surface area contributed by atoms with Crippen LogP contribution in [0.15, 0.2) is 6.07 Å². The Balaban J connectivity index is 3.63. The van der Waals surface area contributed by atoms with Gasteiger partial charge in [-0.25, -0.2) is 9.59 Å². The Morgan fingerprint density at radius 3 is 1.89 bits per heavy atom. The third kappa shape index (κ3) is 2.91. The minimum absolute atomic E-state index is 0.134. The Morgan fingerprint density at radius 2 is 1.47 bits per heavy atom. The Labute approximate surface area is 124 Å². The summed E-state index contributed by atoms with van der Waals surface area (Å²) in [5.74, 6) is -0.878. The molecule has 0 spiro atoms. The number of ether oxygens (including phenoxy) is 4. The summed E-state index contributed by atoms with van der Waals surface area (Å²) in [6.45, 7) is 0. The van der Waals surface area contributed by atoms with E-state index in [0.29, 0.717) is 3.57 Å². The molecule has 0 aliphatic carbocycles. The molecule has 0 saturated carbocycles. The highest BCUT2D eigenvalue weighted by molar-refractivity contribution is 14.1. The summed E-state index contributed by atoms with van der Waals surface area (Å²) >= 11 is 1.91. The van der Waals surface area contributed by atoms with Crippen LogP contribution in [0.5, 0.6) is 11.5 Å². The first kappa shape index (κ1) is 15.5. The van der Waals surface area contributed by atoms with E-state index in [4.69, 9.17) is 14.2 Å². The molecule has 19 heavy (non-hydrogen) atoms. The van der Waals surface area contributed by atoms with E-state index in [9.17, 15) is 9.59 Å². The summed E-state index contributed by atoms with van der Waals surface area (Å²) < 4.78 is 20.2. The standard InChI is InChI=1S/C12H13IO6/c1-16-9-6(11(14)18-3)5-7(13)8(10(9)17-2)12(15)19-4/h5H,1-4H3. The minimum Gasteiger partial charge on any atom is -0.492 e. The van der Waals surface area contributed by atoms with Crippen LogP contribution in [-0.2, 0) is 9.47 Å². The number of esters is 2. The van der Waals surface area contributed by atoms with E-state index >= 15 is 0 Å². The zero-order valence-electron chi connectivity index (χ0n) is 10.9. The van der Waals surface area contributed by atoms with Gasteiger partial charge in [0.05, 0.1) is 28.4 Å². The van der Waals surface area contributed by atoms with Crippen LogP contribution in [0, 0.1) is 3.57 Å². The van der Waals surface area contributed by atoms with E-state index in [-0.39, 0.29) is 22.6 Å². The molecule has 0 N–H and O–H groups in total. The Morgan fingerprint density at radius 1 is 0.947 bits per heavy atom. The van der Waals surface area contributed by atoms with Gasteiger partial charge in [-0.05, 0) is 28.7 Å². The van der Waals surface area contributed by atoms with Gasteiger partial charge in [-0.1, -0.05) is 0 Å². The molecule has 0 unspecified atom stereocenters. The van der Waals surface area contributed by atoms with E-state index in [2.05, 4.69) is 4.74 Å². The van der Waals surface area contributed by atoms with Gasteiger partial charge >= 0.3 is 11.9 Å². The maximum atomic E-state index is 11.8. The maximum Gasteiger partial charge on any atom is 0.342 e. The number of carbonyl (C=O) groups is 2. The van der Waals surface area contributed by atoms with Crippen molar-refractivity contribution in [3.63, 3.8) is 0 Å². The van der Waals surface area contributed by atoms with Crippen molar-refractivity contribution in [2.45, 2.75) is 0 Å². The number of hydrogen-bond acceptors (Lipinski definition) is 6. The summed E-state index contributed by atoms with van der Waals surface area (Å²) in [4.78, 5) is 23.4. The van der Waals surface area contributed by atoms with Crippen LogP contribution in [0.25, 0.3) is 0 Å². The molecule has 0 aliphatic heterocycles. The fourth-order valence-electron chi connectivity index (χ4n) is 1.56. The molecule has 1 rings (SSSR count). The minimum atomic E-state index is -0.579. The number of carbonyl (C=O) groups excluding carboxylic acids is 2. The second-order valence-corrected chi connectivity index (χ2v) is 4.49.